The normalized spacial score (nSPS) is 17.1. The van der Waals surface area contributed by atoms with E-state index in [1.165, 1.54) is 36.7 Å². The van der Waals surface area contributed by atoms with Crippen molar-refractivity contribution in [3.63, 3.8) is 0 Å². The molecule has 0 unspecified atom stereocenters. The summed E-state index contributed by atoms with van der Waals surface area (Å²) < 4.78 is 122. The summed E-state index contributed by atoms with van der Waals surface area (Å²) in [6, 6.07) is 26.9. The van der Waals surface area contributed by atoms with Gasteiger partial charge in [0.2, 0.25) is 5.71 Å². The van der Waals surface area contributed by atoms with Crippen LogP contribution in [-0.4, -0.2) is 15.0 Å². The number of pyridine rings is 3. The number of furan rings is 1. The molecule has 0 fully saturated rings. The first-order valence-electron chi connectivity index (χ1n) is 23.1. The molecule has 0 spiro atoms. The summed E-state index contributed by atoms with van der Waals surface area (Å²) in [4.78, 5) is 12.7. The molecule has 7 aromatic rings. The monoisotopic (exact) mass is 837 g/mol. The van der Waals surface area contributed by atoms with E-state index in [-0.39, 0.29) is 70.3 Å². The van der Waals surface area contributed by atoms with E-state index in [1.807, 2.05) is 6.07 Å². The Balaban J connectivity index is 0.000000308. The fourth-order valence-corrected chi connectivity index (χ4v) is 5.58. The van der Waals surface area contributed by atoms with E-state index in [2.05, 4.69) is 47.9 Å². The summed E-state index contributed by atoms with van der Waals surface area (Å²) in [6.45, 7) is -5.63. The van der Waals surface area contributed by atoms with Gasteiger partial charge in [0, 0.05) is 64.1 Å². The fraction of sp³-hybridized carbons (Fsp3) is 0.250. The predicted octanol–water partition coefficient (Wildman–Crippen LogP) is 11.7. The SMILES string of the molecule is [2H]C([2H])([2H])c1c[c-]c(-c2ccc(C([2H])([2H])[2H])cn2)cc1.[2H]C([2H])([2H])c1ccc2c(n1)oc1c(-c3cc(-c4ccc(C(C)(CC)CC)cc4C([2H])([2H])[2H])c(C([2H])([2H])[2H])cn3)[c-]ccc12.[Ir]. The van der Waals surface area contributed by atoms with E-state index in [0.29, 0.717) is 38.9 Å². The summed E-state index contributed by atoms with van der Waals surface area (Å²) in [5, 5.41) is 1.26. The maximum atomic E-state index is 8.36. The molecule has 0 aliphatic rings. The summed E-state index contributed by atoms with van der Waals surface area (Å²) in [6.07, 6.45) is 4.16. The van der Waals surface area contributed by atoms with Crippen molar-refractivity contribution in [1.82, 2.24) is 15.0 Å². The zero-order valence-electron chi connectivity index (χ0n) is 42.2. The predicted molar refractivity (Wildman–Crippen MR) is 199 cm³/mol. The molecule has 0 amide bonds. The first-order valence-corrected chi connectivity index (χ1v) is 15.6. The zero-order chi connectivity index (χ0) is 46.5. The van der Waals surface area contributed by atoms with Gasteiger partial charge in [0.1, 0.15) is 0 Å². The van der Waals surface area contributed by atoms with Gasteiger partial charge in [0.15, 0.2) is 0 Å². The van der Waals surface area contributed by atoms with E-state index in [1.54, 1.807) is 48.5 Å². The van der Waals surface area contributed by atoms with Crippen molar-refractivity contribution in [2.45, 2.75) is 73.3 Å². The second-order valence-electron chi connectivity index (χ2n) is 11.8. The number of nitrogens with zero attached hydrogens (tertiary/aromatic N) is 3. The third kappa shape index (κ3) is 7.44. The van der Waals surface area contributed by atoms with Gasteiger partial charge in [0.25, 0.3) is 0 Å². The standard InChI is InChI=1S/C31H31N2O.C13H12N.Ir/c1-7-31(6,8-2)22-13-15-23(19(3)16-22)27-17-28(32-18-20(27)4)26-11-9-10-24-25-14-12-21(5)33-30(25)34-29(24)26;1-10-3-6-12(7-4-10)13-8-5-11(2)9-14-13;/h9-10,12-18H,7-8H2,1-6H3;3-6,8-9H,1-2H3;/q2*-1;/i3D3,4D3,5D3;1D3,2D3;. The minimum atomic E-state index is -2.57. The molecule has 251 valence electrons. The molecule has 0 aliphatic carbocycles. The second kappa shape index (κ2) is 15.0. The average molecular weight is 837 g/mol. The van der Waals surface area contributed by atoms with Crippen molar-refractivity contribution in [2.75, 3.05) is 0 Å². The van der Waals surface area contributed by atoms with Crippen LogP contribution in [0.3, 0.4) is 0 Å². The molecule has 4 aromatic heterocycles. The van der Waals surface area contributed by atoms with Gasteiger partial charge < -0.3 is 14.4 Å². The molecule has 7 rings (SSSR count). The Labute approximate surface area is 325 Å². The molecule has 0 saturated heterocycles. The summed E-state index contributed by atoms with van der Waals surface area (Å²) in [7, 11) is 0. The molecule has 0 N–H and O–H groups in total. The molecule has 4 heterocycles. The van der Waals surface area contributed by atoms with Gasteiger partial charge in [-0.25, -0.2) is 4.98 Å². The summed E-state index contributed by atoms with van der Waals surface area (Å²) >= 11 is 0. The van der Waals surface area contributed by atoms with E-state index in [0.717, 1.165) is 18.4 Å². The van der Waals surface area contributed by atoms with Gasteiger partial charge in [-0.05, 0) is 103 Å². The number of aromatic nitrogens is 3. The van der Waals surface area contributed by atoms with E-state index >= 15 is 0 Å². The first-order chi connectivity index (χ1) is 29.2. The van der Waals surface area contributed by atoms with Crippen LogP contribution in [0.4, 0.5) is 0 Å². The fourth-order valence-electron chi connectivity index (χ4n) is 5.58. The molecule has 1 radical (unpaired) electrons. The van der Waals surface area contributed by atoms with E-state index in [9.17, 15) is 0 Å². The number of rotatable bonds is 6. The molecule has 0 bridgehead atoms. The molecular formula is C44H43IrN3O-2. The minimum absolute atomic E-state index is 0. The van der Waals surface area contributed by atoms with Crippen molar-refractivity contribution in [1.29, 1.82) is 0 Å². The van der Waals surface area contributed by atoms with Crippen LogP contribution < -0.4 is 0 Å². The third-order valence-corrected chi connectivity index (χ3v) is 8.88. The Morgan fingerprint density at radius 2 is 1.55 bits per heavy atom. The molecule has 4 nitrogen and oxygen atoms in total. The minimum Gasteiger partial charge on any atom is -0.486 e. The number of benzene rings is 3. The number of aryl methyl sites for hydroxylation is 5. The molecule has 5 heteroatoms. The van der Waals surface area contributed by atoms with Crippen molar-refractivity contribution >= 4 is 22.1 Å². The Bertz CT molecular complexity index is 2690. The Morgan fingerprint density at radius 3 is 2.24 bits per heavy atom. The van der Waals surface area contributed by atoms with Crippen LogP contribution in [0.5, 0.6) is 0 Å². The van der Waals surface area contributed by atoms with Gasteiger partial charge in [-0.2, -0.15) is 0 Å². The van der Waals surface area contributed by atoms with Gasteiger partial charge in [-0.15, -0.1) is 53.6 Å². The van der Waals surface area contributed by atoms with Crippen LogP contribution in [-0.2, 0) is 25.5 Å². The van der Waals surface area contributed by atoms with Gasteiger partial charge >= 0.3 is 0 Å². The average Bonchev–Trinajstić information content (AvgIpc) is 3.60. The Morgan fingerprint density at radius 1 is 0.735 bits per heavy atom. The molecule has 0 atom stereocenters. The summed E-state index contributed by atoms with van der Waals surface area (Å²) in [5.41, 5.74) is 3.78. The third-order valence-electron chi connectivity index (χ3n) is 8.88. The summed E-state index contributed by atoms with van der Waals surface area (Å²) in [5.74, 6) is 0. The van der Waals surface area contributed by atoms with Crippen molar-refractivity contribution < 1.29 is 45.1 Å². The maximum absolute atomic E-state index is 8.36. The molecule has 0 aliphatic heterocycles. The topological polar surface area (TPSA) is 51.8 Å². The maximum Gasteiger partial charge on any atom is 0.216 e. The Hall–Kier alpha value is -4.44. The van der Waals surface area contributed by atoms with Crippen molar-refractivity contribution in [2.24, 2.45) is 0 Å². The molecular weight excluding hydrogens is 779 g/mol. The van der Waals surface area contributed by atoms with Crippen molar-refractivity contribution in [3.05, 3.63) is 137 Å². The number of hydrogen-bond acceptors (Lipinski definition) is 4. The quantitative estimate of drug-likeness (QED) is 0.157. The van der Waals surface area contributed by atoms with E-state index in [4.69, 9.17) is 25.0 Å². The van der Waals surface area contributed by atoms with Crippen LogP contribution in [0.25, 0.3) is 55.7 Å². The molecule has 0 saturated carbocycles. The molecule has 49 heavy (non-hydrogen) atoms. The van der Waals surface area contributed by atoms with Gasteiger partial charge in [-0.3, -0.25) is 0 Å². The van der Waals surface area contributed by atoms with Gasteiger partial charge in [-0.1, -0.05) is 75.0 Å². The van der Waals surface area contributed by atoms with Crippen LogP contribution in [0.1, 0.15) is 87.7 Å². The van der Waals surface area contributed by atoms with Crippen LogP contribution in [0, 0.1) is 46.4 Å². The number of hydrogen-bond donors (Lipinski definition) is 0. The Kier molecular flexibility index (Phi) is 6.40. The zero-order valence-corrected chi connectivity index (χ0v) is 29.6. The largest absolute Gasteiger partial charge is 0.486 e. The number of fused-ring (bicyclic) bond motifs is 3. The van der Waals surface area contributed by atoms with E-state index < -0.39 is 34.3 Å². The van der Waals surface area contributed by atoms with Gasteiger partial charge in [0.05, 0.1) is 5.58 Å². The van der Waals surface area contributed by atoms with Crippen molar-refractivity contribution in [3.8, 4) is 33.6 Å². The van der Waals surface area contributed by atoms with Crippen LogP contribution >= 0.6 is 0 Å². The second-order valence-corrected chi connectivity index (χ2v) is 11.8. The molecule has 3 aromatic carbocycles. The van der Waals surface area contributed by atoms with Crippen LogP contribution in [0.2, 0.25) is 0 Å². The first kappa shape index (κ1) is 20.9. The van der Waals surface area contributed by atoms with Crippen LogP contribution in [0.15, 0.2) is 95.7 Å². The smallest absolute Gasteiger partial charge is 0.216 e.